The number of carboxylic acid groups (broad SMARTS) is 1. The Hall–Kier alpha value is -3.79. The second-order valence-electron chi connectivity index (χ2n) is 30.1. The Morgan fingerprint density at radius 3 is 0.850 bits per heavy atom. The summed E-state index contributed by atoms with van der Waals surface area (Å²) in [4.78, 5) is 37.8. The minimum atomic E-state index is -1.51. The van der Waals surface area contributed by atoms with Crippen LogP contribution in [0.1, 0.15) is 406 Å². The summed E-state index contributed by atoms with van der Waals surface area (Å²) in [5.41, 5.74) is 0. The number of ether oxygens (including phenoxy) is 4. The largest absolute Gasteiger partial charge is 0.477 e. The number of aliphatic carboxylic acids is 1. The molecule has 0 fully saturated rings. The minimum absolute atomic E-state index is 0.180. The molecule has 580 valence electrons. The lowest BCUT2D eigenvalue weighted by Gasteiger charge is -2.25. The monoisotopic (exact) mass is 1400 g/mol. The number of allylic oxidation sites excluding steroid dienone is 16. The van der Waals surface area contributed by atoms with Crippen molar-refractivity contribution >= 4 is 17.9 Å². The van der Waals surface area contributed by atoms with Gasteiger partial charge in [0.2, 0.25) is 0 Å². The maximum Gasteiger partial charge on any atom is 0.361 e. The molecule has 100 heavy (non-hydrogen) atoms. The molecule has 0 aliphatic carbocycles. The molecule has 9 heteroatoms. The zero-order valence-electron chi connectivity index (χ0n) is 66.6. The highest BCUT2D eigenvalue weighted by atomic mass is 16.7. The molecular weight excluding hydrogens is 1230 g/mol. The number of carbonyl (C=O) groups excluding carboxylic acids is 2. The normalized spacial score (nSPS) is 13.1. The maximum atomic E-state index is 13.0. The summed E-state index contributed by atoms with van der Waals surface area (Å²) in [6, 6.07) is 0. The van der Waals surface area contributed by atoms with Gasteiger partial charge >= 0.3 is 17.9 Å². The first-order valence-electron chi connectivity index (χ1n) is 42.9. The zero-order valence-corrected chi connectivity index (χ0v) is 66.6. The Kier molecular flexibility index (Phi) is 77.8. The molecule has 0 saturated carbocycles. The van der Waals surface area contributed by atoms with Crippen molar-refractivity contribution in [2.45, 2.75) is 418 Å². The Balaban J connectivity index is 3.98. The summed E-state index contributed by atoms with van der Waals surface area (Å²) in [6.45, 7) is 4.82. The number of carboxylic acids is 1. The van der Waals surface area contributed by atoms with Crippen molar-refractivity contribution < 1.29 is 42.9 Å². The van der Waals surface area contributed by atoms with E-state index < -0.39 is 24.3 Å². The van der Waals surface area contributed by atoms with Crippen LogP contribution in [0.3, 0.4) is 0 Å². The summed E-state index contributed by atoms with van der Waals surface area (Å²) < 4.78 is 23.1. The standard InChI is InChI=1S/C91H163NO8/c1-6-8-10-12-14-16-18-20-22-24-26-28-30-32-34-36-38-40-42-44-45-46-48-50-52-54-56-58-60-62-64-66-68-70-72-74-76-78-80-82-89(94)100-87(86-99-91(90(95)96)97-84-83-92(3,4)5)85-98-88(93)81-79-77-75-73-71-69-67-65-63-61-59-57-55-53-51-49-47-43-41-39-37-35-33-31-29-27-25-23-21-19-17-15-13-11-9-7-2/h8,10,14,16,20,22,26,28,32,34,38,40,44-45,48,50,87,91H,6-7,9,11-13,15,17-19,21,23-25,27,29-31,33,35-37,39,41-43,46-47,49,51-86H2,1-5H3/p+1/b10-8-,16-14-,22-20-,28-26-,34-32-,40-38-,45-44-,50-48-. The maximum absolute atomic E-state index is 13.0. The zero-order chi connectivity index (χ0) is 72.5. The highest BCUT2D eigenvalue weighted by Crippen LogP contribution is 2.20. The predicted octanol–water partition coefficient (Wildman–Crippen LogP) is 27.9. The van der Waals surface area contributed by atoms with Crippen molar-refractivity contribution in [2.24, 2.45) is 0 Å². The number of quaternary nitrogens is 1. The van der Waals surface area contributed by atoms with Gasteiger partial charge in [-0.25, -0.2) is 4.79 Å². The third-order valence-corrected chi connectivity index (χ3v) is 19.1. The number of esters is 2. The first-order valence-corrected chi connectivity index (χ1v) is 42.9. The molecule has 0 rings (SSSR count). The van der Waals surface area contributed by atoms with Crippen LogP contribution in [0.2, 0.25) is 0 Å². The SMILES string of the molecule is CC/C=C\C/C=C\C/C=C\C/C=C\C/C=C\C/C=C\C/C=C\C/C=C\CCCCCCCCCCCCCCCCC(=O)OC(COC(=O)CCCCCCCCCCCCCCCCCCCCCCCCCCCCCCCCCCCCCC)COC(OCC[N+](C)(C)C)C(=O)O. The van der Waals surface area contributed by atoms with Crippen LogP contribution in [0.25, 0.3) is 0 Å². The fourth-order valence-electron chi connectivity index (χ4n) is 12.6. The smallest absolute Gasteiger partial charge is 0.361 e. The fourth-order valence-corrected chi connectivity index (χ4v) is 12.6. The van der Waals surface area contributed by atoms with E-state index in [1.165, 1.54) is 289 Å². The van der Waals surface area contributed by atoms with Gasteiger partial charge in [-0.15, -0.1) is 0 Å². The van der Waals surface area contributed by atoms with Crippen LogP contribution in [0.15, 0.2) is 97.2 Å². The van der Waals surface area contributed by atoms with Crippen molar-refractivity contribution in [1.29, 1.82) is 0 Å². The molecule has 0 aromatic rings. The van der Waals surface area contributed by atoms with Gasteiger partial charge in [0, 0.05) is 12.8 Å². The molecule has 0 aromatic carbocycles. The summed E-state index contributed by atoms with van der Waals surface area (Å²) in [6.07, 6.45) is 110. The van der Waals surface area contributed by atoms with Gasteiger partial charge in [0.15, 0.2) is 6.10 Å². The molecule has 2 unspecified atom stereocenters. The first kappa shape index (κ1) is 96.2. The number of rotatable bonds is 80. The number of nitrogens with zero attached hydrogens (tertiary/aromatic N) is 1. The first-order chi connectivity index (χ1) is 49.1. The quantitative estimate of drug-likeness (QED) is 0.0211. The van der Waals surface area contributed by atoms with Gasteiger partial charge < -0.3 is 28.5 Å². The molecule has 0 bridgehead atoms. The minimum Gasteiger partial charge on any atom is -0.477 e. The highest BCUT2D eigenvalue weighted by molar-refractivity contribution is 5.71. The molecule has 0 aliphatic rings. The number of carbonyl (C=O) groups is 3. The van der Waals surface area contributed by atoms with Crippen molar-refractivity contribution in [2.75, 3.05) is 47.5 Å². The third kappa shape index (κ3) is 81.5. The van der Waals surface area contributed by atoms with Gasteiger partial charge in [-0.1, -0.05) is 413 Å². The van der Waals surface area contributed by atoms with Gasteiger partial charge in [0.05, 0.1) is 34.4 Å². The van der Waals surface area contributed by atoms with E-state index in [1.54, 1.807) is 0 Å². The van der Waals surface area contributed by atoms with Crippen LogP contribution in [0, 0.1) is 0 Å². The Bertz CT molecular complexity index is 1970. The average Bonchev–Trinajstić information content (AvgIpc) is 1.08. The summed E-state index contributed by atoms with van der Waals surface area (Å²) in [7, 11) is 5.99. The Labute approximate surface area is 620 Å². The second kappa shape index (κ2) is 80.9. The molecule has 0 aromatic heterocycles. The predicted molar refractivity (Wildman–Crippen MR) is 433 cm³/mol. The van der Waals surface area contributed by atoms with Crippen molar-refractivity contribution in [3.05, 3.63) is 97.2 Å². The van der Waals surface area contributed by atoms with Gasteiger partial charge in [0.25, 0.3) is 6.29 Å². The molecule has 9 nitrogen and oxygen atoms in total. The van der Waals surface area contributed by atoms with E-state index in [1.807, 2.05) is 21.1 Å². The summed E-state index contributed by atoms with van der Waals surface area (Å²) in [5.74, 6) is -1.98. The number of unbranched alkanes of at least 4 members (excludes halogenated alkanes) is 49. The van der Waals surface area contributed by atoms with Crippen LogP contribution < -0.4 is 0 Å². The van der Waals surface area contributed by atoms with Crippen molar-refractivity contribution in [1.82, 2.24) is 0 Å². The second-order valence-corrected chi connectivity index (χ2v) is 30.1. The van der Waals surface area contributed by atoms with Gasteiger partial charge in [0.1, 0.15) is 13.2 Å². The van der Waals surface area contributed by atoms with Crippen LogP contribution in [0.5, 0.6) is 0 Å². The van der Waals surface area contributed by atoms with E-state index in [4.69, 9.17) is 18.9 Å². The molecular formula is C91H164NO8+. The van der Waals surface area contributed by atoms with E-state index in [0.29, 0.717) is 17.4 Å². The topological polar surface area (TPSA) is 108 Å². The molecule has 0 amide bonds. The molecule has 0 aliphatic heterocycles. The van der Waals surface area contributed by atoms with E-state index in [2.05, 4.69) is 111 Å². The Morgan fingerprint density at radius 2 is 0.570 bits per heavy atom. The molecule has 0 heterocycles. The van der Waals surface area contributed by atoms with Gasteiger partial charge in [-0.05, 0) is 77.0 Å². The Morgan fingerprint density at radius 1 is 0.310 bits per heavy atom. The molecule has 1 N–H and O–H groups in total. The molecule has 2 atom stereocenters. The van der Waals surface area contributed by atoms with Crippen molar-refractivity contribution in [3.63, 3.8) is 0 Å². The lowest BCUT2D eigenvalue weighted by molar-refractivity contribution is -0.870. The van der Waals surface area contributed by atoms with Crippen LogP contribution in [0.4, 0.5) is 0 Å². The van der Waals surface area contributed by atoms with E-state index in [0.717, 1.165) is 89.9 Å². The van der Waals surface area contributed by atoms with Gasteiger partial charge in [-0.3, -0.25) is 9.59 Å². The molecule has 0 radical (unpaired) electrons. The molecule has 0 saturated heterocycles. The summed E-state index contributed by atoms with van der Waals surface area (Å²) >= 11 is 0. The van der Waals surface area contributed by atoms with E-state index in [-0.39, 0.29) is 32.2 Å². The number of hydrogen-bond donors (Lipinski definition) is 1. The van der Waals surface area contributed by atoms with Crippen LogP contribution >= 0.6 is 0 Å². The number of likely N-dealkylation sites (N-methyl/N-ethyl adjacent to an activating group) is 1. The van der Waals surface area contributed by atoms with Crippen LogP contribution in [-0.4, -0.2) is 87.4 Å². The number of hydrogen-bond acceptors (Lipinski definition) is 7. The van der Waals surface area contributed by atoms with Crippen LogP contribution in [-0.2, 0) is 33.3 Å². The average molecular weight is 1400 g/mol. The lowest BCUT2D eigenvalue weighted by Crippen LogP contribution is -2.40. The summed E-state index contributed by atoms with van der Waals surface area (Å²) in [5, 5.41) is 9.79. The van der Waals surface area contributed by atoms with E-state index >= 15 is 0 Å². The highest BCUT2D eigenvalue weighted by Gasteiger charge is 2.25. The third-order valence-electron chi connectivity index (χ3n) is 19.1. The van der Waals surface area contributed by atoms with Crippen molar-refractivity contribution in [3.8, 4) is 0 Å². The van der Waals surface area contributed by atoms with E-state index in [9.17, 15) is 19.5 Å². The lowest BCUT2D eigenvalue weighted by atomic mass is 10.0. The fraction of sp³-hybridized carbons (Fsp3) is 0.791. The molecule has 0 spiro atoms. The van der Waals surface area contributed by atoms with Gasteiger partial charge in [-0.2, -0.15) is 0 Å².